The maximum Gasteiger partial charge on any atom is 0.251 e. The highest BCUT2D eigenvalue weighted by Crippen LogP contribution is 2.19. The fourth-order valence-electron chi connectivity index (χ4n) is 1.59. The van der Waals surface area contributed by atoms with Gasteiger partial charge in [0.05, 0.1) is 6.54 Å². The summed E-state index contributed by atoms with van der Waals surface area (Å²) in [5.74, 6) is 5.70. The van der Waals surface area contributed by atoms with Gasteiger partial charge in [-0.2, -0.15) is 0 Å². The third-order valence-corrected chi connectivity index (χ3v) is 3.46. The average Bonchev–Trinajstić information content (AvgIpc) is 2.36. The normalized spacial score (nSPS) is 12.3. The van der Waals surface area contributed by atoms with Crippen molar-refractivity contribution in [2.75, 3.05) is 6.54 Å². The smallest absolute Gasteiger partial charge is 0.251 e. The van der Waals surface area contributed by atoms with E-state index in [0.717, 1.165) is 11.1 Å². The zero-order valence-corrected chi connectivity index (χ0v) is 13.0. The van der Waals surface area contributed by atoms with Gasteiger partial charge in [0.2, 0.25) is 0 Å². The minimum absolute atomic E-state index is 0.0283. The topological polar surface area (TPSA) is 55.1 Å². The first kappa shape index (κ1) is 16.3. The molecule has 1 atom stereocenters. The van der Waals surface area contributed by atoms with Crippen molar-refractivity contribution in [2.45, 2.75) is 40.7 Å². The molecular formula is C17H24N2O. The molecular weight excluding hydrogens is 248 g/mol. The molecule has 0 fully saturated rings. The number of carbonyl (C=O) groups excluding carboxylic acids is 1. The van der Waals surface area contributed by atoms with Crippen LogP contribution in [0.2, 0.25) is 0 Å². The number of nitrogens with one attached hydrogen (secondary N) is 1. The Hall–Kier alpha value is -1.79. The highest BCUT2D eigenvalue weighted by atomic mass is 16.1. The van der Waals surface area contributed by atoms with Crippen LogP contribution in [0.25, 0.3) is 0 Å². The average molecular weight is 272 g/mol. The fourth-order valence-corrected chi connectivity index (χ4v) is 1.59. The summed E-state index contributed by atoms with van der Waals surface area (Å²) < 4.78 is 0. The van der Waals surface area contributed by atoms with Crippen LogP contribution in [0.3, 0.4) is 0 Å². The molecule has 20 heavy (non-hydrogen) atoms. The summed E-state index contributed by atoms with van der Waals surface area (Å²) in [7, 11) is 0. The number of aryl methyl sites for hydroxylation is 1. The molecule has 0 spiro atoms. The number of nitrogens with two attached hydrogens (primary N) is 1. The molecule has 0 aliphatic carbocycles. The van der Waals surface area contributed by atoms with Crippen LogP contribution in [0.1, 0.15) is 49.2 Å². The number of hydrogen-bond donors (Lipinski definition) is 2. The van der Waals surface area contributed by atoms with Crippen molar-refractivity contribution in [1.29, 1.82) is 0 Å². The molecule has 0 aromatic heterocycles. The number of rotatable bonds is 2. The van der Waals surface area contributed by atoms with E-state index < -0.39 is 0 Å². The Labute approximate surface area is 121 Å². The monoisotopic (exact) mass is 272 g/mol. The van der Waals surface area contributed by atoms with Crippen molar-refractivity contribution in [2.24, 2.45) is 11.1 Å². The Balaban J connectivity index is 2.98. The van der Waals surface area contributed by atoms with Gasteiger partial charge in [0.25, 0.3) is 5.91 Å². The quantitative estimate of drug-likeness (QED) is 0.813. The Morgan fingerprint density at radius 2 is 2.05 bits per heavy atom. The number of carbonyl (C=O) groups is 1. The summed E-state index contributed by atoms with van der Waals surface area (Å²) in [6, 6.07) is 5.73. The lowest BCUT2D eigenvalue weighted by atomic mass is 9.88. The van der Waals surface area contributed by atoms with Crippen LogP contribution in [0, 0.1) is 24.2 Å². The van der Waals surface area contributed by atoms with Crippen molar-refractivity contribution in [3.05, 3.63) is 34.9 Å². The van der Waals surface area contributed by atoms with Crippen LogP contribution in [-0.2, 0) is 0 Å². The van der Waals surface area contributed by atoms with Gasteiger partial charge < -0.3 is 11.1 Å². The van der Waals surface area contributed by atoms with E-state index in [2.05, 4.69) is 37.9 Å². The lowest BCUT2D eigenvalue weighted by Gasteiger charge is -2.28. The van der Waals surface area contributed by atoms with Crippen molar-refractivity contribution in [3.8, 4) is 11.8 Å². The minimum Gasteiger partial charge on any atom is -0.349 e. The highest BCUT2D eigenvalue weighted by molar-refractivity contribution is 5.96. The number of amides is 1. The summed E-state index contributed by atoms with van der Waals surface area (Å²) in [5.41, 5.74) is 7.83. The molecule has 1 amide bonds. The molecule has 1 aromatic carbocycles. The molecule has 108 valence electrons. The van der Waals surface area contributed by atoms with E-state index in [1.165, 1.54) is 0 Å². The SMILES string of the molecule is Cc1ccc(C#CCN)cc1C(=O)NC(C)C(C)(C)C. The molecule has 0 radical (unpaired) electrons. The molecule has 0 aliphatic heterocycles. The highest BCUT2D eigenvalue weighted by Gasteiger charge is 2.22. The van der Waals surface area contributed by atoms with E-state index in [0.29, 0.717) is 12.1 Å². The molecule has 3 heteroatoms. The largest absolute Gasteiger partial charge is 0.349 e. The number of hydrogen-bond acceptors (Lipinski definition) is 2. The molecule has 3 nitrogen and oxygen atoms in total. The van der Waals surface area contributed by atoms with E-state index in [1.54, 1.807) is 0 Å². The molecule has 1 aromatic rings. The zero-order valence-electron chi connectivity index (χ0n) is 13.0. The van der Waals surface area contributed by atoms with E-state index in [1.807, 2.05) is 32.0 Å². The van der Waals surface area contributed by atoms with E-state index in [4.69, 9.17) is 5.73 Å². The van der Waals surface area contributed by atoms with E-state index in [-0.39, 0.29) is 17.4 Å². The van der Waals surface area contributed by atoms with Crippen LogP contribution in [0.5, 0.6) is 0 Å². The van der Waals surface area contributed by atoms with Gasteiger partial charge in [-0.25, -0.2) is 0 Å². The Bertz CT molecular complexity index is 544. The first-order chi connectivity index (χ1) is 9.25. The molecule has 0 bridgehead atoms. The van der Waals surface area contributed by atoms with Crippen LogP contribution < -0.4 is 11.1 Å². The van der Waals surface area contributed by atoms with Crippen LogP contribution in [0.15, 0.2) is 18.2 Å². The maximum atomic E-state index is 12.4. The molecule has 3 N–H and O–H groups in total. The van der Waals surface area contributed by atoms with Crippen LogP contribution in [-0.4, -0.2) is 18.5 Å². The predicted molar refractivity (Wildman–Crippen MR) is 83.5 cm³/mol. The van der Waals surface area contributed by atoms with Crippen molar-refractivity contribution in [1.82, 2.24) is 5.32 Å². The van der Waals surface area contributed by atoms with Gasteiger partial charge in [-0.1, -0.05) is 38.7 Å². The second-order valence-electron chi connectivity index (χ2n) is 6.10. The third kappa shape index (κ3) is 4.40. The lowest BCUT2D eigenvalue weighted by Crippen LogP contribution is -2.41. The van der Waals surface area contributed by atoms with E-state index in [9.17, 15) is 4.79 Å². The number of benzene rings is 1. The Kier molecular flexibility index (Phi) is 5.35. The summed E-state index contributed by atoms with van der Waals surface area (Å²) in [6.07, 6.45) is 0. The van der Waals surface area contributed by atoms with E-state index >= 15 is 0 Å². The third-order valence-electron chi connectivity index (χ3n) is 3.46. The Morgan fingerprint density at radius 3 is 2.60 bits per heavy atom. The molecule has 1 unspecified atom stereocenters. The van der Waals surface area contributed by atoms with Gasteiger partial charge in [-0.05, 0) is 37.0 Å². The van der Waals surface area contributed by atoms with Gasteiger partial charge in [0, 0.05) is 17.2 Å². The van der Waals surface area contributed by atoms with Crippen molar-refractivity contribution >= 4 is 5.91 Å². The second kappa shape index (κ2) is 6.58. The van der Waals surface area contributed by atoms with Gasteiger partial charge >= 0.3 is 0 Å². The van der Waals surface area contributed by atoms with Crippen LogP contribution >= 0.6 is 0 Å². The molecule has 0 saturated carbocycles. The minimum atomic E-state index is -0.0543. The molecule has 0 heterocycles. The van der Waals surface area contributed by atoms with Gasteiger partial charge in [0.1, 0.15) is 0 Å². The van der Waals surface area contributed by atoms with Crippen LogP contribution in [0.4, 0.5) is 0 Å². The van der Waals surface area contributed by atoms with Gasteiger partial charge in [0.15, 0.2) is 0 Å². The first-order valence-electron chi connectivity index (χ1n) is 6.86. The molecule has 0 saturated heterocycles. The predicted octanol–water partition coefficient (Wildman–Crippen LogP) is 2.47. The van der Waals surface area contributed by atoms with Gasteiger partial charge in [-0.3, -0.25) is 4.79 Å². The van der Waals surface area contributed by atoms with Crippen molar-refractivity contribution in [3.63, 3.8) is 0 Å². The van der Waals surface area contributed by atoms with Crippen molar-refractivity contribution < 1.29 is 4.79 Å². The summed E-state index contributed by atoms with van der Waals surface area (Å²) >= 11 is 0. The summed E-state index contributed by atoms with van der Waals surface area (Å²) in [6.45, 7) is 10.6. The lowest BCUT2D eigenvalue weighted by molar-refractivity contribution is 0.0909. The Morgan fingerprint density at radius 1 is 1.40 bits per heavy atom. The summed E-state index contributed by atoms with van der Waals surface area (Å²) in [5, 5.41) is 3.05. The zero-order chi connectivity index (χ0) is 15.3. The summed E-state index contributed by atoms with van der Waals surface area (Å²) in [4.78, 5) is 12.4. The fraction of sp³-hybridized carbons (Fsp3) is 0.471. The standard InChI is InChI=1S/C17H24N2O/c1-12-8-9-14(7-6-10-18)11-15(12)16(20)19-13(2)17(3,4)5/h8-9,11,13H,10,18H2,1-5H3,(H,19,20). The van der Waals surface area contributed by atoms with Gasteiger partial charge in [-0.15, -0.1) is 0 Å². The first-order valence-corrected chi connectivity index (χ1v) is 6.86. The second-order valence-corrected chi connectivity index (χ2v) is 6.10. The molecule has 0 aliphatic rings. The maximum absolute atomic E-state index is 12.4. The molecule has 1 rings (SSSR count).